The molecule has 0 saturated heterocycles. The van der Waals surface area contributed by atoms with Crippen molar-refractivity contribution in [1.29, 1.82) is 0 Å². The molecular weight excluding hydrogens is 440 g/mol. The van der Waals surface area contributed by atoms with E-state index in [0.29, 0.717) is 33.0 Å². The molecule has 2 aromatic rings. The SMILES string of the molecule is COc1cccc2c1O[C@@H](c1ccc(O[Si](C(C)C)(C(C)C)C(C)C)cc1)[C@H](C)S2(O)O. The summed E-state index contributed by atoms with van der Waals surface area (Å²) < 4.78 is 40.5. The van der Waals surface area contributed by atoms with Gasteiger partial charge in [0.25, 0.3) is 8.32 Å². The summed E-state index contributed by atoms with van der Waals surface area (Å²) in [6, 6.07) is 13.2. The van der Waals surface area contributed by atoms with Gasteiger partial charge in [0, 0.05) is 0 Å². The number of hydrogen-bond donors (Lipinski definition) is 2. The molecule has 2 atom stereocenters. The number of methoxy groups -OCH3 is 1. The van der Waals surface area contributed by atoms with Crippen LogP contribution in [-0.4, -0.2) is 29.8 Å². The van der Waals surface area contributed by atoms with Gasteiger partial charge in [-0.15, -0.1) is 0 Å². The van der Waals surface area contributed by atoms with Crippen LogP contribution >= 0.6 is 10.6 Å². The summed E-state index contributed by atoms with van der Waals surface area (Å²) in [5, 5.41) is -0.496. The molecule has 1 aliphatic heterocycles. The minimum absolute atomic E-state index is 0.405. The van der Waals surface area contributed by atoms with E-state index < -0.39 is 30.3 Å². The zero-order valence-electron chi connectivity index (χ0n) is 20.5. The summed E-state index contributed by atoms with van der Waals surface area (Å²) in [7, 11) is -3.54. The van der Waals surface area contributed by atoms with Crippen molar-refractivity contribution in [2.24, 2.45) is 0 Å². The molecule has 0 unspecified atom stereocenters. The van der Waals surface area contributed by atoms with Crippen LogP contribution in [-0.2, 0) is 0 Å². The van der Waals surface area contributed by atoms with Crippen molar-refractivity contribution in [3.05, 3.63) is 48.0 Å². The third-order valence-electron chi connectivity index (χ3n) is 6.89. The Morgan fingerprint density at radius 1 is 0.906 bits per heavy atom. The molecule has 178 valence electrons. The van der Waals surface area contributed by atoms with Gasteiger partial charge in [-0.05, 0) is 53.4 Å². The Bertz CT molecular complexity index is 905. The quantitative estimate of drug-likeness (QED) is 0.396. The first-order valence-electron chi connectivity index (χ1n) is 11.4. The Labute approximate surface area is 195 Å². The second-order valence-electron chi connectivity index (χ2n) is 9.61. The number of rotatable bonds is 7. The lowest BCUT2D eigenvalue weighted by Crippen LogP contribution is -2.50. The van der Waals surface area contributed by atoms with Crippen LogP contribution in [0, 0.1) is 0 Å². The van der Waals surface area contributed by atoms with E-state index in [-0.39, 0.29) is 0 Å². The van der Waals surface area contributed by atoms with E-state index in [9.17, 15) is 9.11 Å². The lowest BCUT2D eigenvalue weighted by molar-refractivity contribution is 0.172. The molecule has 3 rings (SSSR count). The second kappa shape index (κ2) is 9.29. The maximum atomic E-state index is 11.0. The van der Waals surface area contributed by atoms with Gasteiger partial charge in [0.2, 0.25) is 0 Å². The summed E-state index contributed by atoms with van der Waals surface area (Å²) in [4.78, 5) is 0.405. The average Bonchev–Trinajstić information content (AvgIpc) is 2.74. The Balaban J connectivity index is 1.94. The minimum atomic E-state index is -3.05. The van der Waals surface area contributed by atoms with E-state index in [0.717, 1.165) is 11.3 Å². The number of benzene rings is 2. The van der Waals surface area contributed by atoms with Gasteiger partial charge < -0.3 is 13.9 Å². The maximum Gasteiger partial charge on any atom is 0.258 e. The van der Waals surface area contributed by atoms with Crippen molar-refractivity contribution >= 4 is 18.9 Å². The highest BCUT2D eigenvalue weighted by molar-refractivity contribution is 8.25. The van der Waals surface area contributed by atoms with E-state index in [1.807, 2.05) is 31.2 Å². The number of fused-ring (bicyclic) bond motifs is 1. The molecule has 0 radical (unpaired) electrons. The van der Waals surface area contributed by atoms with Crippen LogP contribution in [0.4, 0.5) is 0 Å². The fourth-order valence-corrected chi connectivity index (χ4v) is 12.1. The molecule has 0 bridgehead atoms. The van der Waals surface area contributed by atoms with Gasteiger partial charge in [0.15, 0.2) is 11.5 Å². The Kier molecular flexibility index (Phi) is 7.25. The van der Waals surface area contributed by atoms with Crippen LogP contribution in [0.15, 0.2) is 47.4 Å². The topological polar surface area (TPSA) is 68.2 Å². The van der Waals surface area contributed by atoms with Crippen LogP contribution in [0.3, 0.4) is 0 Å². The first-order chi connectivity index (χ1) is 15.0. The summed E-state index contributed by atoms with van der Waals surface area (Å²) in [5.74, 6) is 1.77. The summed E-state index contributed by atoms with van der Waals surface area (Å²) in [5.41, 5.74) is 2.34. The largest absolute Gasteiger partial charge is 0.543 e. The van der Waals surface area contributed by atoms with Crippen LogP contribution in [0.5, 0.6) is 17.2 Å². The molecule has 0 fully saturated rings. The molecule has 2 aromatic carbocycles. The monoisotopic (exact) mass is 478 g/mol. The molecule has 0 aliphatic carbocycles. The van der Waals surface area contributed by atoms with E-state index in [1.165, 1.54) is 0 Å². The minimum Gasteiger partial charge on any atom is -0.543 e. The first-order valence-corrected chi connectivity index (χ1v) is 15.1. The smallest absolute Gasteiger partial charge is 0.258 e. The van der Waals surface area contributed by atoms with Crippen LogP contribution in [0.2, 0.25) is 16.6 Å². The molecule has 32 heavy (non-hydrogen) atoms. The molecule has 2 N–H and O–H groups in total. The molecule has 7 heteroatoms. The molecule has 1 heterocycles. The second-order valence-corrected chi connectivity index (χ2v) is 17.4. The van der Waals surface area contributed by atoms with Crippen molar-refractivity contribution in [1.82, 2.24) is 0 Å². The van der Waals surface area contributed by atoms with Gasteiger partial charge in [0.1, 0.15) is 16.7 Å². The van der Waals surface area contributed by atoms with E-state index in [1.54, 1.807) is 25.3 Å². The van der Waals surface area contributed by atoms with Crippen molar-refractivity contribution in [3.8, 4) is 17.2 Å². The van der Waals surface area contributed by atoms with Crippen LogP contribution < -0.4 is 13.9 Å². The lowest BCUT2D eigenvalue weighted by atomic mass is 10.1. The molecule has 0 saturated carbocycles. The summed E-state index contributed by atoms with van der Waals surface area (Å²) >= 11 is 0. The predicted molar refractivity (Wildman–Crippen MR) is 135 cm³/mol. The molecule has 0 amide bonds. The highest BCUT2D eigenvalue weighted by Crippen LogP contribution is 2.64. The fourth-order valence-electron chi connectivity index (χ4n) is 5.23. The Morgan fingerprint density at radius 3 is 1.97 bits per heavy atom. The number of ether oxygens (including phenoxy) is 2. The van der Waals surface area contributed by atoms with Crippen molar-refractivity contribution < 1.29 is 23.0 Å². The highest BCUT2D eigenvalue weighted by atomic mass is 32.3. The van der Waals surface area contributed by atoms with Gasteiger partial charge in [0.05, 0.1) is 12.4 Å². The highest BCUT2D eigenvalue weighted by Gasteiger charge is 2.47. The van der Waals surface area contributed by atoms with Gasteiger partial charge in [-0.25, -0.2) is 0 Å². The van der Waals surface area contributed by atoms with Gasteiger partial charge in [-0.3, -0.25) is 9.11 Å². The molecule has 1 aliphatic rings. The zero-order chi connectivity index (χ0) is 23.8. The summed E-state index contributed by atoms with van der Waals surface area (Å²) in [6.45, 7) is 15.5. The third kappa shape index (κ3) is 4.16. The maximum absolute atomic E-state index is 11.0. The van der Waals surface area contributed by atoms with Gasteiger partial charge in [-0.1, -0.05) is 59.7 Å². The van der Waals surface area contributed by atoms with Crippen LogP contribution in [0.1, 0.15) is 60.1 Å². The zero-order valence-corrected chi connectivity index (χ0v) is 22.3. The number of hydrogen-bond acceptors (Lipinski definition) is 5. The van der Waals surface area contributed by atoms with Crippen molar-refractivity contribution in [2.45, 2.75) is 81.3 Å². The predicted octanol–water partition coefficient (Wildman–Crippen LogP) is 7.88. The van der Waals surface area contributed by atoms with Crippen molar-refractivity contribution in [3.63, 3.8) is 0 Å². The fraction of sp³-hybridized carbons (Fsp3) is 0.520. The Morgan fingerprint density at radius 2 is 1.47 bits per heavy atom. The van der Waals surface area contributed by atoms with E-state index >= 15 is 0 Å². The third-order valence-corrected chi connectivity index (χ3v) is 15.1. The van der Waals surface area contributed by atoms with Crippen molar-refractivity contribution in [2.75, 3.05) is 7.11 Å². The van der Waals surface area contributed by atoms with Gasteiger partial charge >= 0.3 is 0 Å². The van der Waals surface area contributed by atoms with E-state index in [4.69, 9.17) is 13.9 Å². The van der Waals surface area contributed by atoms with Gasteiger partial charge in [-0.2, -0.15) is 10.6 Å². The Hall–Kier alpha value is -1.67. The first kappa shape index (κ1) is 25.0. The van der Waals surface area contributed by atoms with Crippen LogP contribution in [0.25, 0.3) is 0 Å². The normalized spacial score (nSPS) is 21.3. The summed E-state index contributed by atoms with van der Waals surface area (Å²) in [6.07, 6.45) is -0.500. The number of para-hydroxylation sites is 1. The molecule has 5 nitrogen and oxygen atoms in total. The van der Waals surface area contributed by atoms with E-state index in [2.05, 4.69) is 41.5 Å². The standard InChI is InChI=1S/C25H38O5SSi/c1-16(2)32(17(3)4,18(5)6)30-21-14-12-20(13-15-21)24-19(7)31(26,27)23-11-9-10-22(28-8)25(23)29-24/h9-19,24,26-27H,1-8H3/t19-,24+/m0/s1. The molecule has 0 aromatic heterocycles. The lowest BCUT2D eigenvalue weighted by Gasteiger charge is -2.47. The molecular formula is C25H38O5SSi. The average molecular weight is 479 g/mol. The molecule has 0 spiro atoms.